The van der Waals surface area contributed by atoms with Crippen molar-refractivity contribution in [3.8, 4) is 0 Å². The maximum atomic E-state index is 12.0. The van der Waals surface area contributed by atoms with Crippen molar-refractivity contribution in [2.75, 3.05) is 6.54 Å². The molecule has 1 aromatic rings. The van der Waals surface area contributed by atoms with Crippen LogP contribution in [0.5, 0.6) is 0 Å². The summed E-state index contributed by atoms with van der Waals surface area (Å²) in [6.07, 6.45) is 0.527. The van der Waals surface area contributed by atoms with Gasteiger partial charge in [-0.1, -0.05) is 31.2 Å². The highest BCUT2D eigenvalue weighted by molar-refractivity contribution is 5.77. The van der Waals surface area contributed by atoms with Crippen LogP contribution >= 0.6 is 0 Å². The lowest BCUT2D eigenvalue weighted by Gasteiger charge is -2.19. The van der Waals surface area contributed by atoms with Gasteiger partial charge in [-0.3, -0.25) is 4.79 Å². The summed E-state index contributed by atoms with van der Waals surface area (Å²) in [4.78, 5) is 12.0. The Labute approximate surface area is 114 Å². The molecule has 0 bridgehead atoms. The zero-order chi connectivity index (χ0) is 13.8. The van der Waals surface area contributed by atoms with E-state index in [9.17, 15) is 9.90 Å². The van der Waals surface area contributed by atoms with E-state index in [0.717, 1.165) is 17.7 Å². The van der Waals surface area contributed by atoms with Crippen LogP contribution in [0.15, 0.2) is 24.3 Å². The van der Waals surface area contributed by atoms with Gasteiger partial charge in [-0.25, -0.2) is 0 Å². The summed E-state index contributed by atoms with van der Waals surface area (Å²) in [6, 6.07) is 7.77. The summed E-state index contributed by atoms with van der Waals surface area (Å²) in [5.41, 5.74) is 2.17. The topological polar surface area (TPSA) is 61.4 Å². The summed E-state index contributed by atoms with van der Waals surface area (Å²) in [5.74, 6) is -0.0193. The zero-order valence-corrected chi connectivity index (χ0v) is 11.5. The standard InChI is InChI=1S/C15H22N2O2/c1-3-16-10(2)8-14(19)17-15-12-7-5-4-6-11(12)9-13(15)18/h4-7,10,13,15-16,18H,3,8-9H2,1-2H3,(H,17,19)/t10?,13-,15+/m0/s1. The smallest absolute Gasteiger partial charge is 0.222 e. The first kappa shape index (κ1) is 14.0. The first-order valence-corrected chi connectivity index (χ1v) is 6.90. The fourth-order valence-electron chi connectivity index (χ4n) is 2.68. The van der Waals surface area contributed by atoms with E-state index in [4.69, 9.17) is 0 Å². The van der Waals surface area contributed by atoms with Gasteiger partial charge in [0.1, 0.15) is 0 Å². The molecular weight excluding hydrogens is 240 g/mol. The van der Waals surface area contributed by atoms with Crippen LogP contribution in [0.2, 0.25) is 0 Å². The van der Waals surface area contributed by atoms with Gasteiger partial charge in [0.15, 0.2) is 0 Å². The van der Waals surface area contributed by atoms with Crippen LogP contribution in [0.3, 0.4) is 0 Å². The molecule has 4 heteroatoms. The summed E-state index contributed by atoms with van der Waals surface area (Å²) < 4.78 is 0. The molecule has 1 aromatic carbocycles. The number of fused-ring (bicyclic) bond motifs is 1. The number of amides is 1. The molecule has 2 rings (SSSR count). The van der Waals surface area contributed by atoms with Crippen molar-refractivity contribution in [2.24, 2.45) is 0 Å². The number of rotatable bonds is 5. The van der Waals surface area contributed by atoms with Crippen molar-refractivity contribution in [1.29, 1.82) is 0 Å². The number of benzene rings is 1. The van der Waals surface area contributed by atoms with Crippen molar-refractivity contribution in [2.45, 2.75) is 44.9 Å². The Morgan fingerprint density at radius 3 is 2.95 bits per heavy atom. The fraction of sp³-hybridized carbons (Fsp3) is 0.533. The molecule has 0 heterocycles. The second-order valence-corrected chi connectivity index (χ2v) is 5.18. The molecule has 3 atom stereocenters. The lowest BCUT2D eigenvalue weighted by Crippen LogP contribution is -2.38. The van der Waals surface area contributed by atoms with E-state index in [1.165, 1.54) is 0 Å². The Bertz CT molecular complexity index is 448. The van der Waals surface area contributed by atoms with Gasteiger partial charge in [0.25, 0.3) is 0 Å². The molecule has 0 spiro atoms. The minimum Gasteiger partial charge on any atom is -0.390 e. The molecule has 0 aliphatic heterocycles. The van der Waals surface area contributed by atoms with E-state index in [-0.39, 0.29) is 18.0 Å². The van der Waals surface area contributed by atoms with Crippen LogP contribution in [0, 0.1) is 0 Å². The van der Waals surface area contributed by atoms with Gasteiger partial charge in [-0.15, -0.1) is 0 Å². The number of hydrogen-bond acceptors (Lipinski definition) is 3. The minimum absolute atomic E-state index is 0.0193. The van der Waals surface area contributed by atoms with E-state index in [1.54, 1.807) is 0 Å². The van der Waals surface area contributed by atoms with Gasteiger partial charge in [0.2, 0.25) is 5.91 Å². The Kier molecular flexibility index (Phi) is 4.56. The van der Waals surface area contributed by atoms with Crippen LogP contribution in [0.4, 0.5) is 0 Å². The highest BCUT2D eigenvalue weighted by Crippen LogP contribution is 2.31. The predicted molar refractivity (Wildman–Crippen MR) is 74.8 cm³/mol. The van der Waals surface area contributed by atoms with Crippen LogP contribution in [-0.2, 0) is 11.2 Å². The molecule has 1 amide bonds. The van der Waals surface area contributed by atoms with Crippen molar-refractivity contribution in [1.82, 2.24) is 10.6 Å². The van der Waals surface area contributed by atoms with Crippen LogP contribution < -0.4 is 10.6 Å². The van der Waals surface area contributed by atoms with Crippen molar-refractivity contribution >= 4 is 5.91 Å². The van der Waals surface area contributed by atoms with Gasteiger partial charge >= 0.3 is 0 Å². The van der Waals surface area contributed by atoms with E-state index in [0.29, 0.717) is 12.8 Å². The molecule has 4 nitrogen and oxygen atoms in total. The van der Waals surface area contributed by atoms with E-state index in [1.807, 2.05) is 38.1 Å². The summed E-state index contributed by atoms with van der Waals surface area (Å²) in [7, 11) is 0. The summed E-state index contributed by atoms with van der Waals surface area (Å²) in [5, 5.41) is 16.2. The predicted octanol–water partition coefficient (Wildman–Crippen LogP) is 1.15. The molecule has 3 N–H and O–H groups in total. The van der Waals surface area contributed by atoms with E-state index < -0.39 is 6.10 Å². The van der Waals surface area contributed by atoms with Crippen molar-refractivity contribution in [3.63, 3.8) is 0 Å². The monoisotopic (exact) mass is 262 g/mol. The maximum Gasteiger partial charge on any atom is 0.222 e. The third kappa shape index (κ3) is 3.33. The molecule has 0 fully saturated rings. The number of hydrogen-bond donors (Lipinski definition) is 3. The number of nitrogens with one attached hydrogen (secondary N) is 2. The average Bonchev–Trinajstić information content (AvgIpc) is 2.66. The molecular formula is C15H22N2O2. The lowest BCUT2D eigenvalue weighted by atomic mass is 10.1. The van der Waals surface area contributed by atoms with E-state index >= 15 is 0 Å². The Balaban J connectivity index is 1.97. The zero-order valence-electron chi connectivity index (χ0n) is 11.5. The molecule has 0 saturated carbocycles. The molecule has 1 unspecified atom stereocenters. The quantitative estimate of drug-likeness (QED) is 0.746. The number of aliphatic hydroxyl groups excluding tert-OH is 1. The van der Waals surface area contributed by atoms with Gasteiger partial charge in [-0.05, 0) is 24.6 Å². The molecule has 0 saturated heterocycles. The Morgan fingerprint density at radius 1 is 1.47 bits per heavy atom. The molecule has 1 aliphatic rings. The van der Waals surface area contributed by atoms with Crippen molar-refractivity contribution in [3.05, 3.63) is 35.4 Å². The second-order valence-electron chi connectivity index (χ2n) is 5.18. The van der Waals surface area contributed by atoms with E-state index in [2.05, 4.69) is 10.6 Å². The molecule has 1 aliphatic carbocycles. The number of carbonyl (C=O) groups excluding carboxylic acids is 1. The Hall–Kier alpha value is -1.39. The molecule has 19 heavy (non-hydrogen) atoms. The van der Waals surface area contributed by atoms with Crippen LogP contribution in [-0.4, -0.2) is 29.7 Å². The highest BCUT2D eigenvalue weighted by atomic mass is 16.3. The highest BCUT2D eigenvalue weighted by Gasteiger charge is 2.31. The number of aliphatic hydroxyl groups is 1. The largest absolute Gasteiger partial charge is 0.390 e. The van der Waals surface area contributed by atoms with Gasteiger partial charge < -0.3 is 15.7 Å². The van der Waals surface area contributed by atoms with Gasteiger partial charge in [0, 0.05) is 18.9 Å². The third-order valence-electron chi connectivity index (χ3n) is 3.56. The summed E-state index contributed by atoms with van der Waals surface area (Å²) >= 11 is 0. The van der Waals surface area contributed by atoms with Gasteiger partial charge in [0.05, 0.1) is 12.1 Å². The number of carbonyl (C=O) groups is 1. The maximum absolute atomic E-state index is 12.0. The fourth-order valence-corrected chi connectivity index (χ4v) is 2.68. The van der Waals surface area contributed by atoms with Crippen LogP contribution in [0.25, 0.3) is 0 Å². The third-order valence-corrected chi connectivity index (χ3v) is 3.56. The van der Waals surface area contributed by atoms with Gasteiger partial charge in [-0.2, -0.15) is 0 Å². The van der Waals surface area contributed by atoms with Crippen LogP contribution in [0.1, 0.15) is 37.4 Å². The molecule has 104 valence electrons. The normalized spacial score (nSPS) is 22.9. The average molecular weight is 262 g/mol. The summed E-state index contributed by atoms with van der Waals surface area (Å²) in [6.45, 7) is 4.86. The SMILES string of the molecule is CCNC(C)CC(=O)N[C@@H]1c2ccccc2C[C@@H]1O. The minimum atomic E-state index is -0.518. The molecule has 0 radical (unpaired) electrons. The first-order chi connectivity index (χ1) is 9.11. The second kappa shape index (κ2) is 6.17. The first-order valence-electron chi connectivity index (χ1n) is 6.90. The van der Waals surface area contributed by atoms with Crippen molar-refractivity contribution < 1.29 is 9.90 Å². The lowest BCUT2D eigenvalue weighted by molar-refractivity contribution is -0.123. The molecule has 0 aromatic heterocycles. The Morgan fingerprint density at radius 2 is 2.21 bits per heavy atom.